The fraction of sp³-hybridized carbons (Fsp3) is 0.591. The number of hydrogen-bond donors (Lipinski definition) is 2. The summed E-state index contributed by atoms with van der Waals surface area (Å²) in [5.41, 5.74) is 2.01. The van der Waals surface area contributed by atoms with Crippen LogP contribution in [0.4, 0.5) is 5.95 Å². The predicted octanol–water partition coefficient (Wildman–Crippen LogP) is 1.38. The molecule has 0 spiro atoms. The SMILES string of the molecule is CCNC(=NCc1c(CC)noc1CC)NCCC(=O)N1CCN(c2ncccn2)CC1. The highest BCUT2D eigenvalue weighted by Crippen LogP contribution is 2.16. The van der Waals surface area contributed by atoms with Gasteiger partial charge in [-0.2, -0.15) is 0 Å². The molecule has 10 heteroatoms. The van der Waals surface area contributed by atoms with Crippen molar-refractivity contribution in [2.75, 3.05) is 44.2 Å². The molecule has 3 heterocycles. The van der Waals surface area contributed by atoms with Crippen molar-refractivity contribution >= 4 is 17.8 Å². The minimum absolute atomic E-state index is 0.141. The maximum absolute atomic E-state index is 12.6. The topological polar surface area (TPSA) is 112 Å². The Hall–Kier alpha value is -3.17. The molecular weight excluding hydrogens is 408 g/mol. The highest BCUT2D eigenvalue weighted by Gasteiger charge is 2.22. The van der Waals surface area contributed by atoms with E-state index in [-0.39, 0.29) is 5.91 Å². The van der Waals surface area contributed by atoms with Gasteiger partial charge in [0.2, 0.25) is 11.9 Å². The van der Waals surface area contributed by atoms with Gasteiger partial charge in [-0.1, -0.05) is 19.0 Å². The molecule has 2 aromatic heterocycles. The van der Waals surface area contributed by atoms with E-state index in [4.69, 9.17) is 4.52 Å². The van der Waals surface area contributed by atoms with E-state index in [1.165, 1.54) is 0 Å². The van der Waals surface area contributed by atoms with Gasteiger partial charge in [0.15, 0.2) is 5.96 Å². The Morgan fingerprint density at radius 2 is 1.84 bits per heavy atom. The number of aryl methyl sites for hydroxylation is 2. The molecule has 2 aromatic rings. The second-order valence-corrected chi connectivity index (χ2v) is 7.53. The van der Waals surface area contributed by atoms with Crippen molar-refractivity contribution in [3.63, 3.8) is 0 Å². The first-order valence-corrected chi connectivity index (χ1v) is 11.4. The third-order valence-electron chi connectivity index (χ3n) is 5.45. The van der Waals surface area contributed by atoms with E-state index < -0.39 is 0 Å². The summed E-state index contributed by atoms with van der Waals surface area (Å²) >= 11 is 0. The highest BCUT2D eigenvalue weighted by molar-refractivity contribution is 5.81. The number of rotatable bonds is 9. The number of carbonyl (C=O) groups excluding carboxylic acids is 1. The molecule has 32 heavy (non-hydrogen) atoms. The van der Waals surface area contributed by atoms with Gasteiger partial charge in [0, 0.05) is 70.1 Å². The molecule has 0 aromatic carbocycles. The van der Waals surface area contributed by atoms with E-state index in [0.29, 0.717) is 38.6 Å². The van der Waals surface area contributed by atoms with E-state index in [2.05, 4.69) is 49.5 Å². The molecule has 1 aliphatic heterocycles. The van der Waals surface area contributed by atoms with E-state index >= 15 is 0 Å². The lowest BCUT2D eigenvalue weighted by atomic mass is 10.1. The minimum atomic E-state index is 0.141. The van der Waals surface area contributed by atoms with Crippen molar-refractivity contribution in [2.45, 2.75) is 46.6 Å². The average Bonchev–Trinajstić information content (AvgIpc) is 3.25. The lowest BCUT2D eigenvalue weighted by Crippen LogP contribution is -2.50. The second kappa shape index (κ2) is 12.0. The zero-order valence-corrected chi connectivity index (χ0v) is 19.3. The number of piperazine rings is 1. The van der Waals surface area contributed by atoms with E-state index in [1.54, 1.807) is 18.5 Å². The van der Waals surface area contributed by atoms with Crippen LogP contribution in [-0.4, -0.2) is 71.2 Å². The van der Waals surface area contributed by atoms with Crippen molar-refractivity contribution in [3.05, 3.63) is 35.5 Å². The van der Waals surface area contributed by atoms with E-state index in [9.17, 15) is 4.79 Å². The van der Waals surface area contributed by atoms with Gasteiger partial charge >= 0.3 is 0 Å². The van der Waals surface area contributed by atoms with Crippen LogP contribution in [0.2, 0.25) is 0 Å². The number of anilines is 1. The monoisotopic (exact) mass is 442 g/mol. The van der Waals surface area contributed by atoms with Crippen LogP contribution in [-0.2, 0) is 24.2 Å². The number of aromatic nitrogens is 3. The first-order chi connectivity index (χ1) is 15.7. The Morgan fingerprint density at radius 1 is 1.09 bits per heavy atom. The van der Waals surface area contributed by atoms with Crippen LogP contribution in [0.15, 0.2) is 28.0 Å². The Bertz CT molecular complexity index is 854. The van der Waals surface area contributed by atoms with Crippen LogP contribution in [0, 0.1) is 0 Å². The van der Waals surface area contributed by atoms with Crippen LogP contribution in [0.3, 0.4) is 0 Å². The summed E-state index contributed by atoms with van der Waals surface area (Å²) in [6.07, 6.45) is 5.50. The highest BCUT2D eigenvalue weighted by atomic mass is 16.5. The maximum atomic E-state index is 12.6. The van der Waals surface area contributed by atoms with Crippen LogP contribution >= 0.6 is 0 Å². The van der Waals surface area contributed by atoms with Crippen molar-refractivity contribution in [1.82, 2.24) is 30.7 Å². The van der Waals surface area contributed by atoms with Crippen molar-refractivity contribution < 1.29 is 9.32 Å². The Morgan fingerprint density at radius 3 is 2.50 bits per heavy atom. The Labute approximate surface area is 189 Å². The largest absolute Gasteiger partial charge is 0.361 e. The summed E-state index contributed by atoms with van der Waals surface area (Å²) in [5.74, 6) is 2.44. The minimum Gasteiger partial charge on any atom is -0.361 e. The molecule has 1 saturated heterocycles. The lowest BCUT2D eigenvalue weighted by Gasteiger charge is -2.34. The molecule has 0 unspecified atom stereocenters. The smallest absolute Gasteiger partial charge is 0.225 e. The zero-order chi connectivity index (χ0) is 22.8. The molecule has 0 atom stereocenters. The molecule has 0 bridgehead atoms. The molecule has 0 saturated carbocycles. The van der Waals surface area contributed by atoms with Gasteiger partial charge in [0.1, 0.15) is 5.76 Å². The first-order valence-electron chi connectivity index (χ1n) is 11.4. The number of aliphatic imine (C=N–C) groups is 1. The average molecular weight is 443 g/mol. The molecule has 2 N–H and O–H groups in total. The molecule has 10 nitrogen and oxygen atoms in total. The number of amides is 1. The van der Waals surface area contributed by atoms with Crippen molar-refractivity contribution in [1.29, 1.82) is 0 Å². The van der Waals surface area contributed by atoms with E-state index in [0.717, 1.165) is 55.4 Å². The summed E-state index contributed by atoms with van der Waals surface area (Å²) in [4.78, 5) is 29.9. The van der Waals surface area contributed by atoms with Crippen LogP contribution in [0.5, 0.6) is 0 Å². The number of hydrogen-bond acceptors (Lipinski definition) is 7. The fourth-order valence-electron chi connectivity index (χ4n) is 3.67. The van der Waals surface area contributed by atoms with Crippen LogP contribution < -0.4 is 15.5 Å². The van der Waals surface area contributed by atoms with Gasteiger partial charge in [0.05, 0.1) is 12.2 Å². The van der Waals surface area contributed by atoms with Crippen LogP contribution in [0.1, 0.15) is 44.2 Å². The first kappa shape index (κ1) is 23.5. The summed E-state index contributed by atoms with van der Waals surface area (Å²) in [6.45, 7) is 10.7. The fourth-order valence-corrected chi connectivity index (χ4v) is 3.67. The quantitative estimate of drug-likeness (QED) is 0.443. The molecular formula is C22H34N8O2. The summed E-state index contributed by atoms with van der Waals surface area (Å²) in [5, 5.41) is 10.7. The van der Waals surface area contributed by atoms with Gasteiger partial charge < -0.3 is 25.0 Å². The molecule has 174 valence electrons. The number of carbonyl (C=O) groups is 1. The molecule has 1 aliphatic rings. The Kier molecular flexibility index (Phi) is 8.82. The third kappa shape index (κ3) is 6.18. The van der Waals surface area contributed by atoms with E-state index in [1.807, 2.05) is 11.8 Å². The van der Waals surface area contributed by atoms with Gasteiger partial charge in [-0.15, -0.1) is 0 Å². The number of nitrogens with one attached hydrogen (secondary N) is 2. The molecule has 1 amide bonds. The molecule has 1 fully saturated rings. The Balaban J connectivity index is 1.46. The summed E-state index contributed by atoms with van der Waals surface area (Å²) < 4.78 is 5.42. The number of nitrogens with zero attached hydrogens (tertiary/aromatic N) is 6. The third-order valence-corrected chi connectivity index (χ3v) is 5.45. The normalized spacial score (nSPS) is 14.5. The van der Waals surface area contributed by atoms with Gasteiger partial charge in [0.25, 0.3) is 0 Å². The second-order valence-electron chi connectivity index (χ2n) is 7.53. The van der Waals surface area contributed by atoms with Gasteiger partial charge in [-0.25, -0.2) is 15.0 Å². The van der Waals surface area contributed by atoms with Gasteiger partial charge in [-0.3, -0.25) is 4.79 Å². The molecule has 0 radical (unpaired) electrons. The summed E-state index contributed by atoms with van der Waals surface area (Å²) in [7, 11) is 0. The number of guanidine groups is 1. The van der Waals surface area contributed by atoms with Gasteiger partial charge in [-0.05, 0) is 19.4 Å². The molecule has 0 aliphatic carbocycles. The standard InChI is InChI=1S/C22H34N8O2/c1-4-18-17(19(5-2)32-28-18)16-27-21(23-6-3)24-11-8-20(31)29-12-14-30(15-13-29)22-25-9-7-10-26-22/h7,9-10H,4-6,8,11-16H2,1-3H3,(H2,23,24,27). The van der Waals surface area contributed by atoms with Crippen LogP contribution in [0.25, 0.3) is 0 Å². The lowest BCUT2D eigenvalue weighted by molar-refractivity contribution is -0.131. The van der Waals surface area contributed by atoms with Crippen molar-refractivity contribution in [2.24, 2.45) is 4.99 Å². The predicted molar refractivity (Wildman–Crippen MR) is 124 cm³/mol. The summed E-state index contributed by atoms with van der Waals surface area (Å²) in [6, 6.07) is 1.80. The maximum Gasteiger partial charge on any atom is 0.225 e. The van der Waals surface area contributed by atoms with Crippen molar-refractivity contribution in [3.8, 4) is 0 Å². The molecule has 3 rings (SSSR count). The zero-order valence-electron chi connectivity index (χ0n) is 19.3.